The second-order valence-electron chi connectivity index (χ2n) is 6.27. The van der Waals surface area contributed by atoms with Crippen LogP contribution in [-0.2, 0) is 11.8 Å². The van der Waals surface area contributed by atoms with Gasteiger partial charge in [0.1, 0.15) is 6.33 Å². The molecular formula is C18H18ClN5OS. The van der Waals surface area contributed by atoms with Gasteiger partial charge < -0.3 is 5.32 Å². The van der Waals surface area contributed by atoms with Crippen LogP contribution in [0.25, 0.3) is 5.69 Å². The number of aromatic nitrogens is 4. The lowest BCUT2D eigenvalue weighted by Gasteiger charge is -2.18. The smallest absolute Gasteiger partial charge is 0.235 e. The molecule has 4 rings (SSSR count). The summed E-state index contributed by atoms with van der Waals surface area (Å²) in [5.41, 5.74) is 5.08. The molecule has 0 saturated carbocycles. The van der Waals surface area contributed by atoms with Crippen LogP contribution in [0.2, 0.25) is 5.02 Å². The van der Waals surface area contributed by atoms with Gasteiger partial charge in [0.2, 0.25) is 5.91 Å². The maximum atomic E-state index is 12.2. The van der Waals surface area contributed by atoms with Crippen LogP contribution in [0.4, 0.5) is 5.82 Å². The topological polar surface area (TPSA) is 64.7 Å². The lowest BCUT2D eigenvalue weighted by atomic mass is 10.1. The van der Waals surface area contributed by atoms with E-state index in [-0.39, 0.29) is 11.2 Å². The second-order valence-corrected chi connectivity index (χ2v) is 7.80. The molecule has 8 heteroatoms. The summed E-state index contributed by atoms with van der Waals surface area (Å²) in [5, 5.41) is 8.12. The van der Waals surface area contributed by atoms with Gasteiger partial charge in [-0.15, -0.1) is 11.8 Å². The summed E-state index contributed by atoms with van der Waals surface area (Å²) in [6.07, 6.45) is 1.74. The van der Waals surface area contributed by atoms with Gasteiger partial charge in [0, 0.05) is 29.0 Å². The van der Waals surface area contributed by atoms with E-state index in [0.717, 1.165) is 28.3 Å². The fourth-order valence-electron chi connectivity index (χ4n) is 3.31. The Morgan fingerprint density at radius 2 is 2.00 bits per heavy atom. The molecule has 0 fully saturated rings. The average molecular weight is 388 g/mol. The van der Waals surface area contributed by atoms with Gasteiger partial charge in [-0.2, -0.15) is 5.10 Å². The van der Waals surface area contributed by atoms with E-state index in [0.29, 0.717) is 16.6 Å². The highest BCUT2D eigenvalue weighted by Gasteiger charge is 2.32. The average Bonchev–Trinajstić information content (AvgIpc) is 3.06. The molecule has 1 atom stereocenters. The number of carbonyl (C=O) groups excluding carboxylic acids is 1. The van der Waals surface area contributed by atoms with E-state index in [1.54, 1.807) is 18.1 Å². The minimum Gasteiger partial charge on any atom is -0.308 e. The molecular weight excluding hydrogens is 370 g/mol. The molecule has 0 spiro atoms. The first kappa shape index (κ1) is 17.2. The number of rotatable bonds is 2. The Morgan fingerprint density at radius 3 is 2.65 bits per heavy atom. The number of nitrogens with one attached hydrogen (secondary N) is 1. The Labute approximate surface area is 160 Å². The van der Waals surface area contributed by atoms with Crippen molar-refractivity contribution in [2.24, 2.45) is 7.05 Å². The largest absolute Gasteiger partial charge is 0.308 e. The maximum Gasteiger partial charge on any atom is 0.235 e. The van der Waals surface area contributed by atoms with Crippen LogP contribution in [0, 0.1) is 13.8 Å². The third-order valence-corrected chi connectivity index (χ3v) is 6.10. The summed E-state index contributed by atoms with van der Waals surface area (Å²) < 4.78 is 3.90. The fourth-order valence-corrected chi connectivity index (χ4v) is 4.71. The van der Waals surface area contributed by atoms with Crippen molar-refractivity contribution >= 4 is 35.1 Å². The molecule has 1 N–H and O–H groups in total. The summed E-state index contributed by atoms with van der Waals surface area (Å²) >= 11 is 7.63. The highest BCUT2D eigenvalue weighted by atomic mass is 35.5. The molecule has 0 unspecified atom stereocenters. The number of amides is 1. The molecule has 6 nitrogen and oxygen atoms in total. The zero-order valence-corrected chi connectivity index (χ0v) is 16.2. The quantitative estimate of drug-likeness (QED) is 0.728. The van der Waals surface area contributed by atoms with Crippen LogP contribution in [0.5, 0.6) is 0 Å². The predicted octanol–water partition coefficient (Wildman–Crippen LogP) is 3.65. The van der Waals surface area contributed by atoms with E-state index in [4.69, 9.17) is 11.6 Å². The molecule has 26 heavy (non-hydrogen) atoms. The van der Waals surface area contributed by atoms with E-state index < -0.39 is 0 Å². The van der Waals surface area contributed by atoms with Gasteiger partial charge in [0.25, 0.3) is 0 Å². The van der Waals surface area contributed by atoms with Crippen LogP contribution in [0.3, 0.4) is 0 Å². The number of halogens is 1. The van der Waals surface area contributed by atoms with Crippen LogP contribution < -0.4 is 5.32 Å². The zero-order valence-electron chi connectivity index (χ0n) is 14.7. The molecule has 1 aromatic carbocycles. The Hall–Kier alpha value is -2.25. The zero-order chi connectivity index (χ0) is 18.4. The number of imidazole rings is 1. The number of aryl methyl sites for hydroxylation is 2. The summed E-state index contributed by atoms with van der Waals surface area (Å²) in [6, 6.07) is 7.59. The van der Waals surface area contributed by atoms with E-state index in [2.05, 4.69) is 22.3 Å². The molecule has 1 aliphatic rings. The van der Waals surface area contributed by atoms with E-state index in [9.17, 15) is 4.79 Å². The van der Waals surface area contributed by atoms with Crippen molar-refractivity contribution in [2.75, 3.05) is 11.1 Å². The van der Waals surface area contributed by atoms with Crippen LogP contribution >= 0.6 is 23.4 Å². The van der Waals surface area contributed by atoms with Gasteiger partial charge in [-0.1, -0.05) is 11.6 Å². The minimum atomic E-state index is -0.0455. The first-order chi connectivity index (χ1) is 12.5. The standard InChI is InChI=1S/C18H18ClN5OS/c1-10-15(11(2)23(3)22-10)17-16-18(21-14(25)8-26-17)20-9-24(16)13-6-4-12(19)5-7-13/h4-7,9,17H,8H2,1-3H3,(H,21,25)/t17-/m0/s1. The van der Waals surface area contributed by atoms with E-state index in [1.807, 2.05) is 47.5 Å². The third kappa shape index (κ3) is 2.81. The number of hydrogen-bond acceptors (Lipinski definition) is 4. The Morgan fingerprint density at radius 1 is 1.27 bits per heavy atom. The van der Waals surface area contributed by atoms with Crippen molar-refractivity contribution in [3.63, 3.8) is 0 Å². The normalized spacial score (nSPS) is 16.9. The van der Waals surface area contributed by atoms with Crippen molar-refractivity contribution in [2.45, 2.75) is 19.1 Å². The molecule has 3 heterocycles. The van der Waals surface area contributed by atoms with Crippen molar-refractivity contribution in [1.29, 1.82) is 0 Å². The van der Waals surface area contributed by atoms with Crippen LogP contribution in [0.15, 0.2) is 30.6 Å². The van der Waals surface area contributed by atoms with Gasteiger partial charge in [-0.05, 0) is 38.1 Å². The Kier molecular flexibility index (Phi) is 4.28. The van der Waals surface area contributed by atoms with Crippen LogP contribution in [0.1, 0.15) is 27.9 Å². The number of benzene rings is 1. The number of nitrogens with zero attached hydrogens (tertiary/aromatic N) is 4. The highest BCUT2D eigenvalue weighted by Crippen LogP contribution is 2.44. The Bertz CT molecular complexity index is 992. The lowest BCUT2D eigenvalue weighted by Crippen LogP contribution is -2.12. The molecule has 0 bridgehead atoms. The Balaban J connectivity index is 1.92. The molecule has 3 aromatic rings. The van der Waals surface area contributed by atoms with Crippen molar-refractivity contribution in [3.8, 4) is 5.69 Å². The summed E-state index contributed by atoms with van der Waals surface area (Å²) in [6.45, 7) is 4.06. The number of thioether (sulfide) groups is 1. The van der Waals surface area contributed by atoms with Gasteiger partial charge in [0.15, 0.2) is 5.82 Å². The summed E-state index contributed by atoms with van der Waals surface area (Å²) in [4.78, 5) is 16.6. The lowest BCUT2D eigenvalue weighted by molar-refractivity contribution is -0.113. The molecule has 1 amide bonds. The van der Waals surface area contributed by atoms with Crippen molar-refractivity contribution in [1.82, 2.24) is 19.3 Å². The molecule has 0 aliphatic carbocycles. The molecule has 134 valence electrons. The second kappa shape index (κ2) is 6.48. The number of carbonyl (C=O) groups is 1. The van der Waals surface area contributed by atoms with E-state index in [1.165, 1.54) is 0 Å². The monoisotopic (exact) mass is 387 g/mol. The summed E-state index contributed by atoms with van der Waals surface area (Å²) in [7, 11) is 1.94. The van der Waals surface area contributed by atoms with Gasteiger partial charge in [-0.25, -0.2) is 4.98 Å². The number of anilines is 1. The summed E-state index contributed by atoms with van der Waals surface area (Å²) in [5.74, 6) is 0.928. The van der Waals surface area contributed by atoms with Crippen LogP contribution in [-0.4, -0.2) is 31.0 Å². The first-order valence-electron chi connectivity index (χ1n) is 8.20. The van der Waals surface area contributed by atoms with Gasteiger partial charge in [0.05, 0.1) is 22.4 Å². The predicted molar refractivity (Wildman–Crippen MR) is 104 cm³/mol. The SMILES string of the molecule is Cc1nn(C)c(C)c1[C@@H]1SCC(=O)Nc2ncn(-c3ccc(Cl)cc3)c21. The molecule has 0 radical (unpaired) electrons. The third-order valence-electron chi connectivity index (χ3n) is 4.62. The molecule has 2 aromatic heterocycles. The van der Waals surface area contributed by atoms with Gasteiger partial charge in [-0.3, -0.25) is 14.0 Å². The first-order valence-corrected chi connectivity index (χ1v) is 9.63. The van der Waals surface area contributed by atoms with Crippen molar-refractivity contribution < 1.29 is 4.79 Å². The minimum absolute atomic E-state index is 0.0423. The molecule has 1 aliphatic heterocycles. The van der Waals surface area contributed by atoms with E-state index >= 15 is 0 Å². The fraction of sp³-hybridized carbons (Fsp3) is 0.278. The number of fused-ring (bicyclic) bond motifs is 1. The van der Waals surface area contributed by atoms with Gasteiger partial charge >= 0.3 is 0 Å². The number of hydrogen-bond donors (Lipinski definition) is 1. The van der Waals surface area contributed by atoms with Crippen molar-refractivity contribution in [3.05, 3.63) is 58.3 Å². The maximum absolute atomic E-state index is 12.2. The highest BCUT2D eigenvalue weighted by molar-refractivity contribution is 8.00. The molecule has 0 saturated heterocycles.